The van der Waals surface area contributed by atoms with E-state index in [4.69, 9.17) is 4.74 Å². The predicted octanol–water partition coefficient (Wildman–Crippen LogP) is 4.71. The second kappa shape index (κ2) is 7.87. The molecule has 2 amide bonds. The highest BCUT2D eigenvalue weighted by Crippen LogP contribution is 2.36. The van der Waals surface area contributed by atoms with Crippen LogP contribution in [0.2, 0.25) is 0 Å². The molecule has 0 spiro atoms. The highest BCUT2D eigenvalue weighted by molar-refractivity contribution is 6.46. The van der Waals surface area contributed by atoms with E-state index in [1.807, 2.05) is 80.6 Å². The van der Waals surface area contributed by atoms with Gasteiger partial charge in [0, 0.05) is 0 Å². The zero-order valence-electron chi connectivity index (χ0n) is 17.1. The molecule has 1 heterocycles. The second-order valence-corrected chi connectivity index (χ2v) is 7.18. The van der Waals surface area contributed by atoms with Crippen molar-refractivity contribution in [1.29, 1.82) is 0 Å². The molecule has 0 bridgehead atoms. The van der Waals surface area contributed by atoms with Gasteiger partial charge in [-0.1, -0.05) is 60.2 Å². The number of anilines is 2. The van der Waals surface area contributed by atoms with Crippen molar-refractivity contribution in [2.75, 3.05) is 17.3 Å². The topological polar surface area (TPSA) is 58.6 Å². The van der Waals surface area contributed by atoms with E-state index >= 15 is 0 Å². The lowest BCUT2D eigenvalue weighted by atomic mass is 10.0. The van der Waals surface area contributed by atoms with Gasteiger partial charge in [0.25, 0.3) is 11.8 Å². The summed E-state index contributed by atoms with van der Waals surface area (Å²) < 4.78 is 5.41. The molecule has 1 N–H and O–H groups in total. The van der Waals surface area contributed by atoms with Crippen LogP contribution < -0.4 is 15.0 Å². The van der Waals surface area contributed by atoms with E-state index in [-0.39, 0.29) is 11.6 Å². The number of ether oxygens (including phenoxy) is 1. The number of rotatable bonds is 5. The molecule has 1 aliphatic heterocycles. The number of carbonyl (C=O) groups is 2. The van der Waals surface area contributed by atoms with Crippen LogP contribution in [0.15, 0.2) is 78.5 Å². The van der Waals surface area contributed by atoms with E-state index in [1.165, 1.54) is 4.90 Å². The Morgan fingerprint density at radius 3 is 2.23 bits per heavy atom. The highest BCUT2D eigenvalue weighted by Gasteiger charge is 2.41. The smallest absolute Gasteiger partial charge is 0.282 e. The largest absolute Gasteiger partial charge is 0.495 e. The van der Waals surface area contributed by atoms with E-state index < -0.39 is 5.91 Å². The molecular weight excluding hydrogens is 376 g/mol. The highest BCUT2D eigenvalue weighted by atomic mass is 16.5. The minimum atomic E-state index is -0.392. The van der Waals surface area contributed by atoms with Crippen molar-refractivity contribution in [3.63, 3.8) is 0 Å². The molecule has 0 saturated heterocycles. The van der Waals surface area contributed by atoms with Gasteiger partial charge in [-0.2, -0.15) is 0 Å². The average molecular weight is 398 g/mol. The molecule has 3 aromatic carbocycles. The fourth-order valence-corrected chi connectivity index (χ4v) is 3.68. The first-order valence-corrected chi connectivity index (χ1v) is 9.67. The normalized spacial score (nSPS) is 13.8. The van der Waals surface area contributed by atoms with Crippen LogP contribution >= 0.6 is 0 Å². The van der Waals surface area contributed by atoms with E-state index in [1.54, 1.807) is 13.2 Å². The Kier molecular flexibility index (Phi) is 5.11. The van der Waals surface area contributed by atoms with Crippen LogP contribution in [0.5, 0.6) is 5.75 Å². The van der Waals surface area contributed by atoms with Gasteiger partial charge in [0.05, 0.1) is 24.1 Å². The lowest BCUT2D eigenvalue weighted by Gasteiger charge is -2.18. The molecule has 30 heavy (non-hydrogen) atoms. The Morgan fingerprint density at radius 2 is 1.53 bits per heavy atom. The van der Waals surface area contributed by atoms with Crippen molar-refractivity contribution in [3.05, 3.63) is 95.2 Å². The number of carbonyl (C=O) groups excluding carboxylic acids is 2. The van der Waals surface area contributed by atoms with Gasteiger partial charge < -0.3 is 10.1 Å². The maximum absolute atomic E-state index is 13.5. The Hall–Kier alpha value is -3.86. The first kappa shape index (κ1) is 19.5. The van der Waals surface area contributed by atoms with Gasteiger partial charge in [-0.15, -0.1) is 0 Å². The molecule has 0 fully saturated rings. The van der Waals surface area contributed by atoms with Crippen molar-refractivity contribution in [2.24, 2.45) is 0 Å². The van der Waals surface area contributed by atoms with Crippen molar-refractivity contribution in [1.82, 2.24) is 0 Å². The van der Waals surface area contributed by atoms with Crippen LogP contribution in [0.1, 0.15) is 16.7 Å². The molecule has 3 aromatic rings. The first-order chi connectivity index (χ1) is 14.5. The zero-order valence-corrected chi connectivity index (χ0v) is 17.1. The van der Waals surface area contributed by atoms with Gasteiger partial charge in [0.1, 0.15) is 11.4 Å². The first-order valence-electron chi connectivity index (χ1n) is 9.67. The minimum absolute atomic E-state index is 0.232. The van der Waals surface area contributed by atoms with Gasteiger partial charge >= 0.3 is 0 Å². The number of benzene rings is 3. The molecule has 1 aliphatic rings. The van der Waals surface area contributed by atoms with Crippen LogP contribution in [0, 0.1) is 13.8 Å². The van der Waals surface area contributed by atoms with E-state index in [0.717, 1.165) is 11.1 Å². The number of hydrogen-bond donors (Lipinski definition) is 1. The van der Waals surface area contributed by atoms with Gasteiger partial charge in [-0.3, -0.25) is 9.59 Å². The lowest BCUT2D eigenvalue weighted by molar-refractivity contribution is -0.120. The van der Waals surface area contributed by atoms with Crippen molar-refractivity contribution in [2.45, 2.75) is 13.8 Å². The molecule has 0 atom stereocenters. The number of methoxy groups -OCH3 is 1. The van der Waals surface area contributed by atoms with Crippen LogP contribution in [0.3, 0.4) is 0 Å². The molecule has 0 unspecified atom stereocenters. The Morgan fingerprint density at radius 1 is 0.833 bits per heavy atom. The standard InChI is InChI=1S/C25H22N2O3/c1-16-13-14-20(17(2)15-16)27-24(28)22(18-9-5-4-6-10-18)23(25(27)29)26-19-11-7-8-12-21(19)30-3/h4-15,26H,1-3H3. The van der Waals surface area contributed by atoms with Crippen molar-refractivity contribution in [3.8, 4) is 5.75 Å². The molecule has 0 aromatic heterocycles. The summed E-state index contributed by atoms with van der Waals surface area (Å²) in [6.45, 7) is 3.88. The molecule has 0 radical (unpaired) electrons. The number of aryl methyl sites for hydroxylation is 2. The minimum Gasteiger partial charge on any atom is -0.495 e. The zero-order chi connectivity index (χ0) is 21.3. The van der Waals surface area contributed by atoms with Crippen LogP contribution in [0.25, 0.3) is 5.57 Å². The fraction of sp³-hybridized carbons (Fsp3) is 0.120. The summed E-state index contributed by atoms with van der Waals surface area (Å²) in [6, 6.07) is 22.2. The van der Waals surface area contributed by atoms with Gasteiger partial charge in [-0.25, -0.2) is 4.90 Å². The van der Waals surface area contributed by atoms with E-state index in [0.29, 0.717) is 28.3 Å². The molecule has 5 nitrogen and oxygen atoms in total. The third-order valence-electron chi connectivity index (χ3n) is 5.11. The maximum atomic E-state index is 13.5. The number of hydrogen-bond acceptors (Lipinski definition) is 4. The lowest BCUT2D eigenvalue weighted by Crippen LogP contribution is -2.33. The summed E-state index contributed by atoms with van der Waals surface area (Å²) in [6.07, 6.45) is 0. The molecule has 0 aliphatic carbocycles. The molecule has 4 rings (SSSR count). The molecule has 150 valence electrons. The van der Waals surface area contributed by atoms with Crippen LogP contribution in [0.4, 0.5) is 11.4 Å². The fourth-order valence-electron chi connectivity index (χ4n) is 3.68. The van der Waals surface area contributed by atoms with Crippen LogP contribution in [-0.2, 0) is 9.59 Å². The number of nitrogens with zero attached hydrogens (tertiary/aromatic N) is 1. The van der Waals surface area contributed by atoms with Crippen molar-refractivity contribution >= 4 is 28.8 Å². The summed E-state index contributed by atoms with van der Waals surface area (Å²) >= 11 is 0. The molecular formula is C25H22N2O3. The van der Waals surface area contributed by atoms with Crippen LogP contribution in [-0.4, -0.2) is 18.9 Å². The SMILES string of the molecule is COc1ccccc1NC1=C(c2ccccc2)C(=O)N(c2ccc(C)cc2C)C1=O. The monoisotopic (exact) mass is 398 g/mol. The number of nitrogens with one attached hydrogen (secondary N) is 1. The number of para-hydroxylation sites is 2. The van der Waals surface area contributed by atoms with Gasteiger partial charge in [0.15, 0.2) is 0 Å². The third kappa shape index (κ3) is 3.35. The maximum Gasteiger partial charge on any atom is 0.282 e. The van der Waals surface area contributed by atoms with Gasteiger partial charge in [0.2, 0.25) is 0 Å². The summed E-state index contributed by atoms with van der Waals surface area (Å²) in [5.74, 6) is -0.158. The Bertz CT molecular complexity index is 1170. The summed E-state index contributed by atoms with van der Waals surface area (Å²) in [7, 11) is 1.57. The molecule has 0 saturated carbocycles. The summed E-state index contributed by atoms with van der Waals surface area (Å²) in [5, 5.41) is 3.16. The Balaban J connectivity index is 1.85. The van der Waals surface area contributed by atoms with Gasteiger partial charge in [-0.05, 0) is 43.2 Å². The Labute approximate surface area is 175 Å². The summed E-state index contributed by atoms with van der Waals surface area (Å²) in [5.41, 5.74) is 4.39. The predicted molar refractivity (Wildman–Crippen MR) is 118 cm³/mol. The summed E-state index contributed by atoms with van der Waals surface area (Å²) in [4.78, 5) is 28.2. The number of amides is 2. The molecule has 5 heteroatoms. The van der Waals surface area contributed by atoms with E-state index in [2.05, 4.69) is 5.32 Å². The van der Waals surface area contributed by atoms with E-state index in [9.17, 15) is 9.59 Å². The van der Waals surface area contributed by atoms with Crippen molar-refractivity contribution < 1.29 is 14.3 Å². The number of imide groups is 1. The third-order valence-corrected chi connectivity index (χ3v) is 5.11. The second-order valence-electron chi connectivity index (χ2n) is 7.18. The quantitative estimate of drug-likeness (QED) is 0.633. The average Bonchev–Trinajstić information content (AvgIpc) is 2.99.